The smallest absolute Gasteiger partial charge is 0.0596 e. The molecule has 1 N–H and O–H groups in total. The van der Waals surface area contributed by atoms with Crippen molar-refractivity contribution in [2.45, 2.75) is 52.7 Å². The van der Waals surface area contributed by atoms with Crippen molar-refractivity contribution < 1.29 is 4.74 Å². The standard InChI is InChI=1S/C14H30N2O/c1-12(2)17-10-9-16(5)11-13-14(3,4)7-6-8-15-13/h12-13,15H,6-11H2,1-5H3. The molecule has 0 amide bonds. The van der Waals surface area contributed by atoms with Crippen LogP contribution in [0.3, 0.4) is 0 Å². The fraction of sp³-hybridized carbons (Fsp3) is 1.00. The van der Waals surface area contributed by atoms with Gasteiger partial charge in [0.1, 0.15) is 0 Å². The molecule has 102 valence electrons. The average Bonchev–Trinajstić information content (AvgIpc) is 2.20. The van der Waals surface area contributed by atoms with Gasteiger partial charge in [-0.1, -0.05) is 13.8 Å². The van der Waals surface area contributed by atoms with E-state index >= 15 is 0 Å². The minimum atomic E-state index is 0.340. The third-order valence-electron chi connectivity index (χ3n) is 3.75. The molecule has 1 saturated heterocycles. The Morgan fingerprint density at radius 3 is 2.71 bits per heavy atom. The van der Waals surface area contributed by atoms with Crippen molar-refractivity contribution in [2.24, 2.45) is 5.41 Å². The highest BCUT2D eigenvalue weighted by molar-refractivity contribution is 4.89. The Morgan fingerprint density at radius 1 is 1.41 bits per heavy atom. The first-order valence-electron chi connectivity index (χ1n) is 6.95. The van der Waals surface area contributed by atoms with Crippen LogP contribution in [-0.2, 0) is 4.74 Å². The van der Waals surface area contributed by atoms with Crippen LogP contribution in [0.25, 0.3) is 0 Å². The number of rotatable bonds is 6. The Bertz CT molecular complexity index is 216. The molecular formula is C14H30N2O. The molecule has 0 saturated carbocycles. The molecule has 0 spiro atoms. The summed E-state index contributed by atoms with van der Waals surface area (Å²) in [5.41, 5.74) is 0.422. The highest BCUT2D eigenvalue weighted by Crippen LogP contribution is 2.30. The van der Waals surface area contributed by atoms with Crippen molar-refractivity contribution in [1.82, 2.24) is 10.2 Å². The van der Waals surface area contributed by atoms with Crippen molar-refractivity contribution in [1.29, 1.82) is 0 Å². The second-order valence-corrected chi connectivity index (χ2v) is 6.28. The maximum atomic E-state index is 5.59. The van der Waals surface area contributed by atoms with E-state index in [2.05, 4.69) is 45.0 Å². The Hall–Kier alpha value is -0.120. The van der Waals surface area contributed by atoms with E-state index in [1.807, 2.05) is 0 Å². The first-order valence-corrected chi connectivity index (χ1v) is 6.95. The fourth-order valence-corrected chi connectivity index (χ4v) is 2.43. The Labute approximate surface area is 107 Å². The molecule has 0 aliphatic carbocycles. The van der Waals surface area contributed by atoms with Crippen LogP contribution in [0.1, 0.15) is 40.5 Å². The second kappa shape index (κ2) is 6.72. The molecule has 0 bridgehead atoms. The summed E-state index contributed by atoms with van der Waals surface area (Å²) in [4.78, 5) is 2.38. The normalized spacial score (nSPS) is 24.5. The number of hydrogen-bond donors (Lipinski definition) is 1. The first-order chi connectivity index (χ1) is 7.92. The molecule has 3 nitrogen and oxygen atoms in total. The average molecular weight is 242 g/mol. The van der Waals surface area contributed by atoms with Gasteiger partial charge in [-0.2, -0.15) is 0 Å². The van der Waals surface area contributed by atoms with Gasteiger partial charge in [0.25, 0.3) is 0 Å². The van der Waals surface area contributed by atoms with Gasteiger partial charge in [0.2, 0.25) is 0 Å². The molecule has 0 aromatic rings. The molecule has 0 radical (unpaired) electrons. The molecule has 3 heteroatoms. The van der Waals surface area contributed by atoms with Crippen LogP contribution < -0.4 is 5.32 Å². The molecule has 1 aliphatic rings. The van der Waals surface area contributed by atoms with E-state index in [0.29, 0.717) is 17.6 Å². The maximum absolute atomic E-state index is 5.59. The lowest BCUT2D eigenvalue weighted by Gasteiger charge is -2.41. The summed E-state index contributed by atoms with van der Waals surface area (Å²) in [5.74, 6) is 0. The number of nitrogens with zero attached hydrogens (tertiary/aromatic N) is 1. The van der Waals surface area contributed by atoms with E-state index in [9.17, 15) is 0 Å². The van der Waals surface area contributed by atoms with E-state index in [1.54, 1.807) is 0 Å². The van der Waals surface area contributed by atoms with Crippen LogP contribution in [0.4, 0.5) is 0 Å². The molecule has 1 heterocycles. The van der Waals surface area contributed by atoms with Gasteiger partial charge in [-0.3, -0.25) is 0 Å². The third-order valence-corrected chi connectivity index (χ3v) is 3.75. The van der Waals surface area contributed by atoms with E-state index in [1.165, 1.54) is 19.4 Å². The number of likely N-dealkylation sites (N-methyl/N-ethyl adjacent to an activating group) is 1. The molecule has 1 atom stereocenters. The van der Waals surface area contributed by atoms with Gasteiger partial charge in [-0.25, -0.2) is 0 Å². The van der Waals surface area contributed by atoms with Crippen LogP contribution in [0.5, 0.6) is 0 Å². The van der Waals surface area contributed by atoms with Crippen LogP contribution in [-0.4, -0.2) is 50.3 Å². The minimum absolute atomic E-state index is 0.340. The van der Waals surface area contributed by atoms with Crippen molar-refractivity contribution in [3.8, 4) is 0 Å². The quantitative estimate of drug-likeness (QED) is 0.772. The van der Waals surface area contributed by atoms with Gasteiger partial charge in [0.15, 0.2) is 0 Å². The molecule has 1 unspecified atom stereocenters. The zero-order valence-corrected chi connectivity index (χ0v) is 12.3. The first kappa shape index (κ1) is 14.9. The van der Waals surface area contributed by atoms with Crippen molar-refractivity contribution in [3.63, 3.8) is 0 Å². The molecule has 1 fully saturated rings. The SMILES string of the molecule is CC(C)OCCN(C)CC1NCCCC1(C)C. The predicted octanol–water partition coefficient (Wildman–Crippen LogP) is 2.12. The highest BCUT2D eigenvalue weighted by Gasteiger charge is 2.32. The van der Waals surface area contributed by atoms with E-state index in [0.717, 1.165) is 19.7 Å². The third kappa shape index (κ3) is 5.36. The van der Waals surface area contributed by atoms with Gasteiger partial charge in [-0.15, -0.1) is 0 Å². The lowest BCUT2D eigenvalue weighted by molar-refractivity contribution is 0.0555. The molecule has 1 rings (SSSR count). The predicted molar refractivity (Wildman–Crippen MR) is 73.4 cm³/mol. The molecule has 0 aromatic heterocycles. The molecular weight excluding hydrogens is 212 g/mol. The summed E-state index contributed by atoms with van der Waals surface area (Å²) >= 11 is 0. The summed E-state index contributed by atoms with van der Waals surface area (Å²) in [6.07, 6.45) is 2.98. The zero-order valence-electron chi connectivity index (χ0n) is 12.3. The van der Waals surface area contributed by atoms with E-state index < -0.39 is 0 Å². The molecule has 1 aliphatic heterocycles. The molecule has 17 heavy (non-hydrogen) atoms. The monoisotopic (exact) mass is 242 g/mol. The van der Waals surface area contributed by atoms with Crippen LogP contribution in [0.15, 0.2) is 0 Å². The Balaban J connectivity index is 2.27. The van der Waals surface area contributed by atoms with Crippen LogP contribution in [0, 0.1) is 5.41 Å². The Morgan fingerprint density at radius 2 is 2.12 bits per heavy atom. The van der Waals surface area contributed by atoms with Gasteiger partial charge in [0.05, 0.1) is 12.7 Å². The summed E-state index contributed by atoms with van der Waals surface area (Å²) in [6.45, 7) is 13.1. The molecule has 0 aromatic carbocycles. The highest BCUT2D eigenvalue weighted by atomic mass is 16.5. The summed E-state index contributed by atoms with van der Waals surface area (Å²) in [5, 5.41) is 3.66. The second-order valence-electron chi connectivity index (χ2n) is 6.28. The topological polar surface area (TPSA) is 24.5 Å². The van der Waals surface area contributed by atoms with Crippen molar-refractivity contribution in [2.75, 3.05) is 33.3 Å². The number of hydrogen-bond acceptors (Lipinski definition) is 3. The zero-order chi connectivity index (χ0) is 12.9. The van der Waals surface area contributed by atoms with Gasteiger partial charge in [-0.05, 0) is 45.7 Å². The number of ether oxygens (including phenoxy) is 1. The maximum Gasteiger partial charge on any atom is 0.0596 e. The number of nitrogens with one attached hydrogen (secondary N) is 1. The van der Waals surface area contributed by atoms with Gasteiger partial charge >= 0.3 is 0 Å². The largest absolute Gasteiger partial charge is 0.377 e. The lowest BCUT2D eigenvalue weighted by Crippen LogP contribution is -2.52. The summed E-state index contributed by atoms with van der Waals surface area (Å²) in [6, 6.07) is 0.611. The van der Waals surface area contributed by atoms with Crippen LogP contribution >= 0.6 is 0 Å². The fourth-order valence-electron chi connectivity index (χ4n) is 2.43. The minimum Gasteiger partial charge on any atom is -0.377 e. The summed E-state index contributed by atoms with van der Waals surface area (Å²) < 4.78 is 5.59. The van der Waals surface area contributed by atoms with E-state index in [4.69, 9.17) is 4.74 Å². The Kier molecular flexibility index (Phi) is 5.90. The van der Waals surface area contributed by atoms with Gasteiger partial charge < -0.3 is 15.0 Å². The van der Waals surface area contributed by atoms with Crippen molar-refractivity contribution in [3.05, 3.63) is 0 Å². The van der Waals surface area contributed by atoms with E-state index in [-0.39, 0.29) is 0 Å². The van der Waals surface area contributed by atoms with Crippen molar-refractivity contribution >= 4 is 0 Å². The van der Waals surface area contributed by atoms with Gasteiger partial charge in [0, 0.05) is 19.1 Å². The van der Waals surface area contributed by atoms with Crippen LogP contribution in [0.2, 0.25) is 0 Å². The lowest BCUT2D eigenvalue weighted by atomic mass is 9.77. The number of piperidine rings is 1. The summed E-state index contributed by atoms with van der Waals surface area (Å²) in [7, 11) is 2.19.